The molecule has 1 heterocycles. The molecule has 6 heteroatoms. The average Bonchev–Trinajstić information content (AvgIpc) is 2.38. The third kappa shape index (κ3) is 3.43. The fourth-order valence-electron chi connectivity index (χ4n) is 2.62. The monoisotopic (exact) mass is 256 g/mol. The molecule has 104 valence electrons. The molecule has 0 radical (unpaired) electrons. The van der Waals surface area contributed by atoms with Gasteiger partial charge in [-0.25, -0.2) is 5.84 Å². The van der Waals surface area contributed by atoms with Crippen molar-refractivity contribution in [2.45, 2.75) is 32.7 Å². The van der Waals surface area contributed by atoms with Gasteiger partial charge in [-0.15, -0.1) is 0 Å². The molecule has 1 saturated heterocycles. The second-order valence-corrected chi connectivity index (χ2v) is 5.12. The van der Waals surface area contributed by atoms with Crippen LogP contribution >= 0.6 is 0 Å². The normalized spacial score (nSPS) is 19.6. The molecule has 18 heavy (non-hydrogen) atoms. The topological polar surface area (TPSA) is 87.5 Å². The van der Waals surface area contributed by atoms with Crippen molar-refractivity contribution in [2.24, 2.45) is 17.7 Å². The van der Waals surface area contributed by atoms with Gasteiger partial charge in [0.25, 0.3) is 5.91 Å². The highest BCUT2D eigenvalue weighted by Gasteiger charge is 2.33. The molecule has 4 N–H and O–H groups in total. The maximum Gasteiger partial charge on any atom is 0.251 e. The molecule has 0 aliphatic carbocycles. The predicted octanol–water partition coefficient (Wildman–Crippen LogP) is -0.541. The summed E-state index contributed by atoms with van der Waals surface area (Å²) >= 11 is 0. The molecule has 0 bridgehead atoms. The molecule has 1 rings (SSSR count). The van der Waals surface area contributed by atoms with Crippen molar-refractivity contribution in [3.8, 4) is 0 Å². The number of hydrogen-bond acceptors (Lipinski definition) is 4. The molecule has 0 aromatic carbocycles. The van der Waals surface area contributed by atoms with Crippen molar-refractivity contribution < 1.29 is 9.59 Å². The van der Waals surface area contributed by atoms with Crippen LogP contribution in [-0.2, 0) is 9.59 Å². The quantitative estimate of drug-likeness (QED) is 0.358. The summed E-state index contributed by atoms with van der Waals surface area (Å²) in [5.74, 6) is 5.44. The van der Waals surface area contributed by atoms with Gasteiger partial charge in [0.2, 0.25) is 5.91 Å². The van der Waals surface area contributed by atoms with Gasteiger partial charge in [0.05, 0.1) is 6.04 Å². The number of hydrogen-bond donors (Lipinski definition) is 3. The molecular weight excluding hydrogens is 232 g/mol. The largest absolute Gasteiger partial charge is 0.359 e. The fraction of sp³-hybridized carbons (Fsp3) is 0.833. The molecule has 1 aliphatic heterocycles. The van der Waals surface area contributed by atoms with Crippen molar-refractivity contribution in [3.63, 3.8) is 0 Å². The lowest BCUT2D eigenvalue weighted by Gasteiger charge is -2.37. The molecule has 6 nitrogen and oxygen atoms in total. The number of rotatable bonds is 4. The predicted molar refractivity (Wildman–Crippen MR) is 69.3 cm³/mol. The summed E-state index contributed by atoms with van der Waals surface area (Å²) in [6.07, 6.45) is 1.58. The first-order chi connectivity index (χ1) is 8.51. The molecule has 0 saturated carbocycles. The Morgan fingerprint density at radius 3 is 2.22 bits per heavy atom. The fourth-order valence-corrected chi connectivity index (χ4v) is 2.62. The number of nitrogens with one attached hydrogen (secondary N) is 2. The Labute approximate surface area is 108 Å². The molecule has 0 aromatic rings. The van der Waals surface area contributed by atoms with Gasteiger partial charge in [0, 0.05) is 13.0 Å². The van der Waals surface area contributed by atoms with E-state index in [2.05, 4.69) is 15.6 Å². The van der Waals surface area contributed by atoms with Gasteiger partial charge in [0.15, 0.2) is 0 Å². The van der Waals surface area contributed by atoms with E-state index >= 15 is 0 Å². The Kier molecular flexibility index (Phi) is 5.55. The summed E-state index contributed by atoms with van der Waals surface area (Å²) in [5.41, 5.74) is 2.23. The van der Waals surface area contributed by atoms with Gasteiger partial charge in [-0.1, -0.05) is 13.8 Å². The van der Waals surface area contributed by atoms with E-state index in [4.69, 9.17) is 5.84 Å². The number of carbonyl (C=O) groups is 2. The minimum Gasteiger partial charge on any atom is -0.359 e. The first kappa shape index (κ1) is 14.9. The highest BCUT2D eigenvalue weighted by Crippen LogP contribution is 2.22. The smallest absolute Gasteiger partial charge is 0.251 e. The summed E-state index contributed by atoms with van der Waals surface area (Å²) in [4.78, 5) is 25.4. The van der Waals surface area contributed by atoms with Crippen molar-refractivity contribution in [1.29, 1.82) is 0 Å². The van der Waals surface area contributed by atoms with Crippen LogP contribution in [0.1, 0.15) is 26.7 Å². The van der Waals surface area contributed by atoms with E-state index < -0.39 is 0 Å². The van der Waals surface area contributed by atoms with Crippen molar-refractivity contribution in [2.75, 3.05) is 20.1 Å². The number of piperidine rings is 1. The SMILES string of the molecule is CNC(=O)C1CCN(C(C(=O)NN)C(C)C)CC1. The van der Waals surface area contributed by atoms with Crippen LogP contribution in [0.5, 0.6) is 0 Å². The highest BCUT2D eigenvalue weighted by molar-refractivity contribution is 5.81. The summed E-state index contributed by atoms with van der Waals surface area (Å²) in [6.45, 7) is 5.53. The lowest BCUT2D eigenvalue weighted by Crippen LogP contribution is -2.54. The highest BCUT2D eigenvalue weighted by atomic mass is 16.2. The zero-order valence-corrected chi connectivity index (χ0v) is 11.4. The Morgan fingerprint density at radius 2 is 1.83 bits per heavy atom. The molecule has 1 aliphatic rings. The Balaban J connectivity index is 2.59. The summed E-state index contributed by atoms with van der Waals surface area (Å²) < 4.78 is 0. The van der Waals surface area contributed by atoms with Gasteiger partial charge < -0.3 is 5.32 Å². The van der Waals surface area contributed by atoms with Crippen LogP contribution in [0.15, 0.2) is 0 Å². The minimum absolute atomic E-state index is 0.0694. The van der Waals surface area contributed by atoms with Crippen LogP contribution in [0.2, 0.25) is 0 Å². The van der Waals surface area contributed by atoms with Crippen molar-refractivity contribution in [1.82, 2.24) is 15.6 Å². The lowest BCUT2D eigenvalue weighted by atomic mass is 9.92. The van der Waals surface area contributed by atoms with E-state index in [1.807, 2.05) is 13.8 Å². The lowest BCUT2D eigenvalue weighted by molar-refractivity contribution is -0.130. The molecule has 2 amide bonds. The van der Waals surface area contributed by atoms with Gasteiger partial charge in [-0.05, 0) is 31.8 Å². The van der Waals surface area contributed by atoms with Crippen molar-refractivity contribution >= 4 is 11.8 Å². The first-order valence-electron chi connectivity index (χ1n) is 6.47. The maximum atomic E-state index is 11.8. The Morgan fingerprint density at radius 1 is 1.28 bits per heavy atom. The summed E-state index contributed by atoms with van der Waals surface area (Å²) in [7, 11) is 1.66. The minimum atomic E-state index is -0.208. The first-order valence-corrected chi connectivity index (χ1v) is 6.47. The van der Waals surface area contributed by atoms with E-state index in [0.717, 1.165) is 25.9 Å². The van der Waals surface area contributed by atoms with Crippen LogP contribution < -0.4 is 16.6 Å². The molecule has 1 unspecified atom stereocenters. The Hall–Kier alpha value is -1.14. The van der Waals surface area contributed by atoms with E-state index in [1.165, 1.54) is 0 Å². The second kappa shape index (κ2) is 6.70. The van der Waals surface area contributed by atoms with Crippen LogP contribution in [0.3, 0.4) is 0 Å². The summed E-state index contributed by atoms with van der Waals surface area (Å²) in [5, 5.41) is 2.68. The molecular formula is C12H24N4O2. The third-order valence-corrected chi connectivity index (χ3v) is 3.58. The number of hydrazine groups is 1. The van der Waals surface area contributed by atoms with E-state index in [1.54, 1.807) is 7.05 Å². The van der Waals surface area contributed by atoms with Gasteiger partial charge >= 0.3 is 0 Å². The maximum absolute atomic E-state index is 11.8. The standard InChI is InChI=1S/C12H24N4O2/c1-8(2)10(12(18)15-13)16-6-4-9(5-7-16)11(17)14-3/h8-10H,4-7,13H2,1-3H3,(H,14,17)(H,15,18). The number of amides is 2. The van der Waals surface area contributed by atoms with Crippen LogP contribution in [-0.4, -0.2) is 42.9 Å². The van der Waals surface area contributed by atoms with Gasteiger partial charge in [-0.2, -0.15) is 0 Å². The number of nitrogens with zero attached hydrogens (tertiary/aromatic N) is 1. The van der Waals surface area contributed by atoms with Crippen LogP contribution in [0.25, 0.3) is 0 Å². The Bertz CT molecular complexity index is 298. The number of nitrogens with two attached hydrogens (primary N) is 1. The molecule has 0 spiro atoms. The zero-order chi connectivity index (χ0) is 13.7. The number of likely N-dealkylation sites (tertiary alicyclic amines) is 1. The third-order valence-electron chi connectivity index (χ3n) is 3.58. The second-order valence-electron chi connectivity index (χ2n) is 5.12. The van der Waals surface area contributed by atoms with Crippen LogP contribution in [0, 0.1) is 11.8 Å². The zero-order valence-electron chi connectivity index (χ0n) is 11.4. The molecule has 0 aromatic heterocycles. The molecule has 1 fully saturated rings. The van der Waals surface area contributed by atoms with Crippen molar-refractivity contribution in [3.05, 3.63) is 0 Å². The van der Waals surface area contributed by atoms with E-state index in [0.29, 0.717) is 0 Å². The average molecular weight is 256 g/mol. The van der Waals surface area contributed by atoms with Gasteiger partial charge in [-0.3, -0.25) is 19.9 Å². The van der Waals surface area contributed by atoms with E-state index in [-0.39, 0.29) is 29.7 Å². The number of carbonyl (C=O) groups excluding carboxylic acids is 2. The van der Waals surface area contributed by atoms with Gasteiger partial charge in [0.1, 0.15) is 0 Å². The molecule has 1 atom stereocenters. The van der Waals surface area contributed by atoms with Crippen LogP contribution in [0.4, 0.5) is 0 Å². The van der Waals surface area contributed by atoms with E-state index in [9.17, 15) is 9.59 Å². The summed E-state index contributed by atoms with van der Waals surface area (Å²) in [6, 6.07) is -0.208.